The van der Waals surface area contributed by atoms with Gasteiger partial charge in [-0.2, -0.15) is 0 Å². The molecular formula is C58H112O6. The standard InChI is InChI=1S/C58H112O6/c1-52(2)44-38-32-26-21-17-13-9-7-8-10-15-19-23-29-35-41-47-56(59)62-50-55(51-63-57(60)48-42-36-31-25-28-34-40-46-54(5)6)64-58(61)49-43-37-30-24-20-16-12-11-14-18-22-27-33-39-45-53(3)4/h52-55H,7-51H2,1-6H3/t55-/m0/s1. The van der Waals surface area contributed by atoms with Crippen molar-refractivity contribution in [1.29, 1.82) is 0 Å². The third kappa shape index (κ3) is 51.4. The fraction of sp³-hybridized carbons (Fsp3) is 0.948. The van der Waals surface area contributed by atoms with E-state index in [1.165, 1.54) is 199 Å². The molecule has 0 fully saturated rings. The summed E-state index contributed by atoms with van der Waals surface area (Å²) in [5.41, 5.74) is 0. The minimum absolute atomic E-state index is 0.0641. The van der Waals surface area contributed by atoms with Crippen molar-refractivity contribution in [2.45, 2.75) is 324 Å². The molecule has 64 heavy (non-hydrogen) atoms. The van der Waals surface area contributed by atoms with Crippen molar-refractivity contribution in [3.63, 3.8) is 0 Å². The van der Waals surface area contributed by atoms with Gasteiger partial charge in [0.25, 0.3) is 0 Å². The molecule has 0 aliphatic rings. The van der Waals surface area contributed by atoms with Crippen LogP contribution in [-0.2, 0) is 28.6 Å². The molecule has 380 valence electrons. The quantitative estimate of drug-likeness (QED) is 0.0344. The van der Waals surface area contributed by atoms with Crippen LogP contribution in [0.2, 0.25) is 0 Å². The van der Waals surface area contributed by atoms with Crippen LogP contribution in [0, 0.1) is 17.8 Å². The summed E-state index contributed by atoms with van der Waals surface area (Å²) in [4.78, 5) is 38.1. The summed E-state index contributed by atoms with van der Waals surface area (Å²) in [5, 5.41) is 0. The van der Waals surface area contributed by atoms with Crippen LogP contribution in [0.15, 0.2) is 0 Å². The smallest absolute Gasteiger partial charge is 0.306 e. The highest BCUT2D eigenvalue weighted by Crippen LogP contribution is 2.18. The van der Waals surface area contributed by atoms with E-state index in [9.17, 15) is 14.4 Å². The molecule has 0 aliphatic carbocycles. The Hall–Kier alpha value is -1.59. The van der Waals surface area contributed by atoms with Crippen LogP contribution in [0.3, 0.4) is 0 Å². The van der Waals surface area contributed by atoms with Crippen LogP contribution in [0.1, 0.15) is 318 Å². The normalized spacial score (nSPS) is 12.1. The van der Waals surface area contributed by atoms with E-state index in [0.717, 1.165) is 75.5 Å². The van der Waals surface area contributed by atoms with Gasteiger partial charge >= 0.3 is 17.9 Å². The zero-order valence-electron chi connectivity index (χ0n) is 44.1. The Bertz CT molecular complexity index is 991. The second-order valence-corrected chi connectivity index (χ2v) is 21.4. The molecule has 0 amide bonds. The number of hydrogen-bond donors (Lipinski definition) is 0. The zero-order chi connectivity index (χ0) is 47.0. The van der Waals surface area contributed by atoms with Crippen molar-refractivity contribution < 1.29 is 28.6 Å². The minimum atomic E-state index is -0.763. The number of carbonyl (C=O) groups is 3. The summed E-state index contributed by atoms with van der Waals surface area (Å²) in [6, 6.07) is 0. The van der Waals surface area contributed by atoms with Crippen molar-refractivity contribution in [3.05, 3.63) is 0 Å². The molecular weight excluding hydrogens is 793 g/mol. The van der Waals surface area contributed by atoms with Gasteiger partial charge < -0.3 is 14.2 Å². The summed E-state index contributed by atoms with van der Waals surface area (Å²) in [7, 11) is 0. The molecule has 0 saturated carbocycles. The fourth-order valence-corrected chi connectivity index (χ4v) is 8.82. The highest BCUT2D eigenvalue weighted by Gasteiger charge is 2.19. The first-order valence-corrected chi connectivity index (χ1v) is 28.6. The Kier molecular flexibility index (Phi) is 48.1. The maximum Gasteiger partial charge on any atom is 0.306 e. The lowest BCUT2D eigenvalue weighted by Gasteiger charge is -2.18. The number of carbonyl (C=O) groups excluding carboxylic acids is 3. The van der Waals surface area contributed by atoms with Crippen LogP contribution < -0.4 is 0 Å². The number of hydrogen-bond acceptors (Lipinski definition) is 6. The summed E-state index contributed by atoms with van der Waals surface area (Å²) in [6.07, 6.45) is 51.1. The molecule has 0 aliphatic heterocycles. The molecule has 0 aromatic rings. The number of rotatable bonds is 51. The number of ether oxygens (including phenoxy) is 3. The topological polar surface area (TPSA) is 78.9 Å². The lowest BCUT2D eigenvalue weighted by atomic mass is 10.0. The lowest BCUT2D eigenvalue weighted by Crippen LogP contribution is -2.30. The molecule has 6 heteroatoms. The van der Waals surface area contributed by atoms with Gasteiger partial charge in [0.2, 0.25) is 0 Å². The van der Waals surface area contributed by atoms with Gasteiger partial charge in [-0.1, -0.05) is 279 Å². The summed E-state index contributed by atoms with van der Waals surface area (Å²) in [6.45, 7) is 13.7. The van der Waals surface area contributed by atoms with E-state index < -0.39 is 6.10 Å². The summed E-state index contributed by atoms with van der Waals surface area (Å²) in [5.74, 6) is 1.63. The van der Waals surface area contributed by atoms with E-state index in [1.54, 1.807) is 0 Å². The van der Waals surface area contributed by atoms with Gasteiger partial charge in [-0.15, -0.1) is 0 Å². The second-order valence-electron chi connectivity index (χ2n) is 21.4. The third-order valence-electron chi connectivity index (χ3n) is 13.1. The van der Waals surface area contributed by atoms with Crippen molar-refractivity contribution in [2.75, 3.05) is 13.2 Å². The Labute approximate surface area is 399 Å². The largest absolute Gasteiger partial charge is 0.462 e. The number of unbranched alkanes of at least 4 members (excludes halogenated alkanes) is 34. The number of esters is 3. The Balaban J connectivity index is 4.24. The molecule has 0 spiro atoms. The van der Waals surface area contributed by atoms with Gasteiger partial charge in [0, 0.05) is 19.3 Å². The van der Waals surface area contributed by atoms with Crippen molar-refractivity contribution >= 4 is 17.9 Å². The minimum Gasteiger partial charge on any atom is -0.462 e. The molecule has 1 atom stereocenters. The average molecular weight is 906 g/mol. The zero-order valence-corrected chi connectivity index (χ0v) is 44.1. The van der Waals surface area contributed by atoms with Crippen LogP contribution >= 0.6 is 0 Å². The highest BCUT2D eigenvalue weighted by atomic mass is 16.6. The average Bonchev–Trinajstić information content (AvgIpc) is 3.25. The molecule has 0 radical (unpaired) electrons. The molecule has 0 saturated heterocycles. The maximum absolute atomic E-state index is 12.8. The van der Waals surface area contributed by atoms with Crippen molar-refractivity contribution in [2.24, 2.45) is 17.8 Å². The summed E-state index contributed by atoms with van der Waals surface area (Å²) < 4.78 is 16.9. The predicted molar refractivity (Wildman–Crippen MR) is 275 cm³/mol. The maximum atomic E-state index is 12.8. The molecule has 0 bridgehead atoms. The van der Waals surface area contributed by atoms with E-state index >= 15 is 0 Å². The third-order valence-corrected chi connectivity index (χ3v) is 13.1. The monoisotopic (exact) mass is 905 g/mol. The Morgan fingerprint density at radius 1 is 0.266 bits per heavy atom. The predicted octanol–water partition coefficient (Wildman–Crippen LogP) is 18.7. The first kappa shape index (κ1) is 62.4. The second kappa shape index (κ2) is 49.3. The molecule has 0 rings (SSSR count). The van der Waals surface area contributed by atoms with Crippen LogP contribution in [0.25, 0.3) is 0 Å². The Morgan fingerprint density at radius 2 is 0.453 bits per heavy atom. The van der Waals surface area contributed by atoms with E-state index in [2.05, 4.69) is 41.5 Å². The lowest BCUT2D eigenvalue weighted by molar-refractivity contribution is -0.167. The van der Waals surface area contributed by atoms with E-state index in [-0.39, 0.29) is 31.1 Å². The van der Waals surface area contributed by atoms with Crippen molar-refractivity contribution in [3.8, 4) is 0 Å². The van der Waals surface area contributed by atoms with Crippen LogP contribution in [-0.4, -0.2) is 37.2 Å². The molecule has 0 aromatic carbocycles. The van der Waals surface area contributed by atoms with Crippen LogP contribution in [0.4, 0.5) is 0 Å². The molecule has 6 nitrogen and oxygen atoms in total. The molecule has 0 aromatic heterocycles. The first-order valence-electron chi connectivity index (χ1n) is 28.6. The van der Waals surface area contributed by atoms with Crippen molar-refractivity contribution in [1.82, 2.24) is 0 Å². The van der Waals surface area contributed by atoms with Gasteiger partial charge in [0.05, 0.1) is 0 Å². The molecule has 0 N–H and O–H groups in total. The Morgan fingerprint density at radius 3 is 0.672 bits per heavy atom. The molecule has 0 heterocycles. The SMILES string of the molecule is CC(C)CCCCCCCCCCCCCCCCCCC(=O)OC[C@@H](COC(=O)CCCCCCCCCC(C)C)OC(=O)CCCCCCCCCCCCCCCCC(C)C. The van der Waals surface area contributed by atoms with E-state index in [0.29, 0.717) is 19.3 Å². The first-order chi connectivity index (χ1) is 31.1. The van der Waals surface area contributed by atoms with Gasteiger partial charge in [-0.3, -0.25) is 14.4 Å². The highest BCUT2D eigenvalue weighted by molar-refractivity contribution is 5.71. The molecule has 0 unspecified atom stereocenters. The van der Waals surface area contributed by atoms with E-state index in [4.69, 9.17) is 14.2 Å². The van der Waals surface area contributed by atoms with Crippen LogP contribution in [0.5, 0.6) is 0 Å². The van der Waals surface area contributed by atoms with Gasteiger partial charge in [0.1, 0.15) is 13.2 Å². The fourth-order valence-electron chi connectivity index (χ4n) is 8.82. The van der Waals surface area contributed by atoms with Gasteiger partial charge in [-0.05, 0) is 37.0 Å². The summed E-state index contributed by atoms with van der Waals surface area (Å²) >= 11 is 0. The van der Waals surface area contributed by atoms with E-state index in [1.807, 2.05) is 0 Å². The van der Waals surface area contributed by atoms with Gasteiger partial charge in [0.15, 0.2) is 6.10 Å². The van der Waals surface area contributed by atoms with Gasteiger partial charge in [-0.25, -0.2) is 0 Å².